The molecular weight excluding hydrogens is 210 g/mol. The molecule has 5 heteroatoms. The van der Waals surface area contributed by atoms with E-state index >= 15 is 0 Å². The fourth-order valence-corrected chi connectivity index (χ4v) is 1.78. The molecule has 92 valence electrons. The normalized spacial score (nSPS) is 26.8. The number of hydrogen-bond acceptors (Lipinski definition) is 3. The van der Waals surface area contributed by atoms with Gasteiger partial charge in [-0.1, -0.05) is 13.8 Å². The van der Waals surface area contributed by atoms with Crippen LogP contribution in [0.2, 0.25) is 0 Å². The topological polar surface area (TPSA) is 75.6 Å². The second-order valence-electron chi connectivity index (χ2n) is 4.65. The van der Waals surface area contributed by atoms with Gasteiger partial charge in [-0.25, -0.2) is 4.79 Å². The first-order chi connectivity index (χ1) is 7.41. The highest BCUT2D eigenvalue weighted by Gasteiger charge is 2.31. The van der Waals surface area contributed by atoms with E-state index in [9.17, 15) is 9.59 Å². The van der Waals surface area contributed by atoms with Gasteiger partial charge in [0.25, 0.3) is 0 Å². The number of nitrogens with one attached hydrogen (secondary N) is 1. The molecule has 1 fully saturated rings. The van der Waals surface area contributed by atoms with Crippen molar-refractivity contribution in [2.45, 2.75) is 39.3 Å². The second kappa shape index (κ2) is 5.30. The molecular formula is C11H19NO4. The second-order valence-corrected chi connectivity index (χ2v) is 4.65. The third kappa shape index (κ3) is 3.20. The summed E-state index contributed by atoms with van der Waals surface area (Å²) < 4.78 is 5.28. The van der Waals surface area contributed by atoms with E-state index in [4.69, 9.17) is 9.84 Å². The smallest absolute Gasteiger partial charge is 0.326 e. The van der Waals surface area contributed by atoms with E-state index < -0.39 is 12.0 Å². The maximum Gasteiger partial charge on any atom is 0.326 e. The zero-order chi connectivity index (χ0) is 12.3. The molecule has 5 nitrogen and oxygen atoms in total. The number of rotatable bonds is 4. The molecule has 1 rings (SSSR count). The number of amides is 1. The third-order valence-corrected chi connectivity index (χ3v) is 2.80. The van der Waals surface area contributed by atoms with Crippen LogP contribution in [0.3, 0.4) is 0 Å². The van der Waals surface area contributed by atoms with Gasteiger partial charge in [-0.2, -0.15) is 0 Å². The molecule has 0 saturated carbocycles. The third-order valence-electron chi connectivity index (χ3n) is 2.80. The molecule has 1 aliphatic heterocycles. The van der Waals surface area contributed by atoms with Crippen molar-refractivity contribution in [2.75, 3.05) is 6.61 Å². The van der Waals surface area contributed by atoms with Gasteiger partial charge in [0.05, 0.1) is 18.6 Å². The Hall–Kier alpha value is -1.10. The molecule has 2 N–H and O–H groups in total. The van der Waals surface area contributed by atoms with Crippen molar-refractivity contribution in [3.8, 4) is 0 Å². The molecule has 1 saturated heterocycles. The van der Waals surface area contributed by atoms with Gasteiger partial charge in [-0.15, -0.1) is 0 Å². The highest BCUT2D eigenvalue weighted by molar-refractivity contribution is 5.85. The number of carbonyl (C=O) groups excluding carboxylic acids is 1. The first kappa shape index (κ1) is 13.0. The Balaban J connectivity index is 2.52. The minimum absolute atomic E-state index is 0.0816. The summed E-state index contributed by atoms with van der Waals surface area (Å²) in [5.41, 5.74) is 0. The molecule has 0 aromatic rings. The Kier molecular flexibility index (Phi) is 4.29. The van der Waals surface area contributed by atoms with Gasteiger partial charge in [0, 0.05) is 0 Å². The zero-order valence-corrected chi connectivity index (χ0v) is 9.90. The van der Waals surface area contributed by atoms with Crippen molar-refractivity contribution in [3.05, 3.63) is 0 Å². The van der Waals surface area contributed by atoms with Crippen molar-refractivity contribution in [3.63, 3.8) is 0 Å². The number of ether oxygens (including phenoxy) is 1. The molecule has 0 aromatic carbocycles. The number of aliphatic carboxylic acids is 1. The zero-order valence-electron chi connectivity index (χ0n) is 9.90. The van der Waals surface area contributed by atoms with Gasteiger partial charge in [0.2, 0.25) is 5.91 Å². The average Bonchev–Trinajstić information content (AvgIpc) is 2.59. The van der Waals surface area contributed by atoms with Crippen LogP contribution in [-0.4, -0.2) is 35.7 Å². The summed E-state index contributed by atoms with van der Waals surface area (Å²) in [7, 11) is 0. The van der Waals surface area contributed by atoms with Crippen molar-refractivity contribution in [2.24, 2.45) is 11.8 Å². The lowest BCUT2D eigenvalue weighted by atomic mass is 10.0. The standard InChI is InChI=1S/C11H19NO4/c1-6(2)9(11(14)15)12-10(13)8-4-7(3)16-5-8/h6-9H,4-5H2,1-3H3,(H,12,13)(H,14,15). The van der Waals surface area contributed by atoms with Gasteiger partial charge in [0.15, 0.2) is 0 Å². The van der Waals surface area contributed by atoms with Crippen LogP contribution in [0.25, 0.3) is 0 Å². The van der Waals surface area contributed by atoms with E-state index in [1.54, 1.807) is 13.8 Å². The minimum atomic E-state index is -0.990. The molecule has 0 spiro atoms. The van der Waals surface area contributed by atoms with E-state index in [1.807, 2.05) is 6.92 Å². The average molecular weight is 229 g/mol. The molecule has 3 unspecified atom stereocenters. The van der Waals surface area contributed by atoms with E-state index in [-0.39, 0.29) is 23.8 Å². The van der Waals surface area contributed by atoms with Crippen LogP contribution < -0.4 is 5.32 Å². The Morgan fingerprint density at radius 1 is 1.44 bits per heavy atom. The lowest BCUT2D eigenvalue weighted by Crippen LogP contribution is -2.46. The van der Waals surface area contributed by atoms with Crippen LogP contribution in [0.1, 0.15) is 27.2 Å². The lowest BCUT2D eigenvalue weighted by Gasteiger charge is -2.19. The summed E-state index contributed by atoms with van der Waals surface area (Å²) in [6, 6.07) is -0.816. The molecule has 16 heavy (non-hydrogen) atoms. The molecule has 0 aliphatic carbocycles. The van der Waals surface area contributed by atoms with E-state index in [0.717, 1.165) is 0 Å². The Labute approximate surface area is 95.2 Å². The highest BCUT2D eigenvalue weighted by Crippen LogP contribution is 2.19. The van der Waals surface area contributed by atoms with Crippen molar-refractivity contribution < 1.29 is 19.4 Å². The number of carboxylic acid groups (broad SMARTS) is 1. The van der Waals surface area contributed by atoms with Gasteiger partial charge in [0.1, 0.15) is 6.04 Å². The maximum absolute atomic E-state index is 11.8. The van der Waals surface area contributed by atoms with E-state index in [0.29, 0.717) is 13.0 Å². The fourth-order valence-electron chi connectivity index (χ4n) is 1.78. The predicted octanol–water partition coefficient (Wildman–Crippen LogP) is 0.637. The van der Waals surface area contributed by atoms with Crippen molar-refractivity contribution >= 4 is 11.9 Å². The molecule has 3 atom stereocenters. The van der Waals surface area contributed by atoms with Gasteiger partial charge in [-0.3, -0.25) is 4.79 Å². The Morgan fingerprint density at radius 3 is 2.44 bits per heavy atom. The SMILES string of the molecule is CC1CC(C(=O)NC(C(=O)O)C(C)C)CO1. The Bertz CT molecular complexity index is 277. The highest BCUT2D eigenvalue weighted by atomic mass is 16.5. The summed E-state index contributed by atoms with van der Waals surface area (Å²) in [6.07, 6.45) is 0.745. The van der Waals surface area contributed by atoms with Crippen LogP contribution in [0, 0.1) is 11.8 Å². The summed E-state index contributed by atoms with van der Waals surface area (Å²) >= 11 is 0. The summed E-state index contributed by atoms with van der Waals surface area (Å²) in [5, 5.41) is 11.5. The van der Waals surface area contributed by atoms with Gasteiger partial charge in [-0.05, 0) is 19.3 Å². The van der Waals surface area contributed by atoms with Crippen LogP contribution in [0.5, 0.6) is 0 Å². The molecule has 1 aliphatic rings. The molecule has 1 amide bonds. The summed E-state index contributed by atoms with van der Waals surface area (Å²) in [4.78, 5) is 22.7. The molecule has 0 radical (unpaired) electrons. The van der Waals surface area contributed by atoms with Crippen LogP contribution in [0.15, 0.2) is 0 Å². The van der Waals surface area contributed by atoms with Crippen LogP contribution in [-0.2, 0) is 14.3 Å². The number of carbonyl (C=O) groups is 2. The van der Waals surface area contributed by atoms with E-state index in [2.05, 4.69) is 5.32 Å². The first-order valence-corrected chi connectivity index (χ1v) is 5.56. The van der Waals surface area contributed by atoms with Crippen molar-refractivity contribution in [1.82, 2.24) is 5.32 Å². The fraction of sp³-hybridized carbons (Fsp3) is 0.818. The first-order valence-electron chi connectivity index (χ1n) is 5.56. The molecule has 1 heterocycles. The molecule has 0 aromatic heterocycles. The Morgan fingerprint density at radius 2 is 2.06 bits per heavy atom. The molecule has 0 bridgehead atoms. The quantitative estimate of drug-likeness (QED) is 0.741. The largest absolute Gasteiger partial charge is 0.480 e. The van der Waals surface area contributed by atoms with Crippen LogP contribution >= 0.6 is 0 Å². The maximum atomic E-state index is 11.8. The number of carboxylic acids is 1. The minimum Gasteiger partial charge on any atom is -0.480 e. The summed E-state index contributed by atoms with van der Waals surface area (Å²) in [6.45, 7) is 5.83. The monoisotopic (exact) mass is 229 g/mol. The van der Waals surface area contributed by atoms with Crippen LogP contribution in [0.4, 0.5) is 0 Å². The van der Waals surface area contributed by atoms with Gasteiger partial charge < -0.3 is 15.2 Å². The van der Waals surface area contributed by atoms with Crippen molar-refractivity contribution in [1.29, 1.82) is 0 Å². The predicted molar refractivity (Wildman–Crippen MR) is 57.9 cm³/mol. The number of hydrogen-bond donors (Lipinski definition) is 2. The van der Waals surface area contributed by atoms with Gasteiger partial charge >= 0.3 is 5.97 Å². The lowest BCUT2D eigenvalue weighted by molar-refractivity contribution is -0.143. The summed E-state index contributed by atoms with van der Waals surface area (Å²) in [5.74, 6) is -1.54. The van der Waals surface area contributed by atoms with E-state index in [1.165, 1.54) is 0 Å².